The molecule has 0 aliphatic carbocycles. The second-order valence-corrected chi connectivity index (χ2v) is 5.84. The highest BCUT2D eigenvalue weighted by Crippen LogP contribution is 2.15. The number of benzene rings is 2. The maximum absolute atomic E-state index is 13.0. The van der Waals surface area contributed by atoms with Crippen molar-refractivity contribution in [3.8, 4) is 0 Å². The Bertz CT molecular complexity index is 633. The fourth-order valence-electron chi connectivity index (χ4n) is 1.67. The van der Waals surface area contributed by atoms with E-state index in [1.807, 2.05) is 0 Å². The van der Waals surface area contributed by atoms with Gasteiger partial charge in [0.05, 0.1) is 11.4 Å². The maximum Gasteiger partial charge on any atom is 0.236 e. The van der Waals surface area contributed by atoms with E-state index in [2.05, 4.69) is 4.72 Å². The van der Waals surface area contributed by atoms with Crippen LogP contribution in [0.25, 0.3) is 0 Å². The molecule has 6 heteroatoms. The Balaban J connectivity index is 2.15. The average Bonchev–Trinajstić information content (AvgIpc) is 2.27. The summed E-state index contributed by atoms with van der Waals surface area (Å²) in [6.07, 6.45) is 0. The first-order valence-corrected chi connectivity index (χ1v) is 7.20. The van der Waals surface area contributed by atoms with Crippen molar-refractivity contribution in [2.24, 2.45) is 0 Å². The van der Waals surface area contributed by atoms with Crippen molar-refractivity contribution in [3.05, 3.63) is 59.9 Å². The van der Waals surface area contributed by atoms with Gasteiger partial charge in [0, 0.05) is 5.69 Å². The summed E-state index contributed by atoms with van der Waals surface area (Å²) in [5, 5.41) is 0. The van der Waals surface area contributed by atoms with E-state index in [1.165, 1.54) is 18.2 Å². The summed E-state index contributed by atoms with van der Waals surface area (Å²) in [5.41, 5.74) is 6.85. The lowest BCUT2D eigenvalue weighted by Gasteiger charge is -2.08. The monoisotopic (exact) mass is 280 g/mol. The van der Waals surface area contributed by atoms with E-state index in [9.17, 15) is 12.8 Å². The van der Waals surface area contributed by atoms with Gasteiger partial charge in [0.1, 0.15) is 5.82 Å². The van der Waals surface area contributed by atoms with Gasteiger partial charge >= 0.3 is 0 Å². The first kappa shape index (κ1) is 13.4. The number of nitrogens with one attached hydrogen (secondary N) is 1. The standard InChI is InChI=1S/C13H13FN2O2S/c14-11-4-2-6-13(8-11)16-19(17,18)9-10-3-1-5-12(15)7-10/h1-8,16H,9,15H2. The minimum Gasteiger partial charge on any atom is -0.399 e. The van der Waals surface area contributed by atoms with Gasteiger partial charge in [0.15, 0.2) is 0 Å². The molecule has 3 N–H and O–H groups in total. The number of sulfonamides is 1. The normalized spacial score (nSPS) is 11.2. The zero-order valence-corrected chi connectivity index (χ0v) is 10.8. The van der Waals surface area contributed by atoms with Gasteiger partial charge in [-0.15, -0.1) is 0 Å². The first-order valence-electron chi connectivity index (χ1n) is 5.55. The van der Waals surface area contributed by atoms with Crippen molar-refractivity contribution in [1.29, 1.82) is 0 Å². The van der Waals surface area contributed by atoms with Gasteiger partial charge in [-0.1, -0.05) is 18.2 Å². The van der Waals surface area contributed by atoms with Crippen molar-refractivity contribution in [3.63, 3.8) is 0 Å². The molecule has 2 aromatic rings. The third-order valence-corrected chi connectivity index (χ3v) is 3.67. The van der Waals surface area contributed by atoms with Crippen LogP contribution in [0.4, 0.5) is 15.8 Å². The maximum atomic E-state index is 13.0. The van der Waals surface area contributed by atoms with Crippen LogP contribution < -0.4 is 10.5 Å². The summed E-state index contributed by atoms with van der Waals surface area (Å²) in [4.78, 5) is 0. The molecule has 0 fully saturated rings. The van der Waals surface area contributed by atoms with Gasteiger partial charge in [-0.2, -0.15) is 0 Å². The lowest BCUT2D eigenvalue weighted by Crippen LogP contribution is -2.15. The van der Waals surface area contributed by atoms with Gasteiger partial charge in [-0.3, -0.25) is 4.72 Å². The molecule has 0 aromatic heterocycles. The highest BCUT2D eigenvalue weighted by Gasteiger charge is 2.12. The Hall–Kier alpha value is -2.08. The Morgan fingerprint density at radius 3 is 2.53 bits per heavy atom. The van der Waals surface area contributed by atoms with E-state index in [4.69, 9.17) is 5.73 Å². The molecule has 2 rings (SSSR count). The molecule has 0 heterocycles. The summed E-state index contributed by atoms with van der Waals surface area (Å²) < 4.78 is 39.1. The van der Waals surface area contributed by atoms with Crippen LogP contribution in [0.3, 0.4) is 0 Å². The molecule has 0 spiro atoms. The van der Waals surface area contributed by atoms with Gasteiger partial charge in [0.2, 0.25) is 10.0 Å². The molecule has 0 radical (unpaired) electrons. The molecule has 0 saturated heterocycles. The summed E-state index contributed by atoms with van der Waals surface area (Å²) >= 11 is 0. The molecule has 0 atom stereocenters. The van der Waals surface area contributed by atoms with Gasteiger partial charge in [0.25, 0.3) is 0 Å². The highest BCUT2D eigenvalue weighted by molar-refractivity contribution is 7.91. The van der Waals surface area contributed by atoms with Crippen LogP contribution in [-0.2, 0) is 15.8 Å². The predicted molar refractivity (Wildman–Crippen MR) is 73.5 cm³/mol. The smallest absolute Gasteiger partial charge is 0.236 e. The number of nitrogen functional groups attached to an aromatic ring is 1. The number of hydrogen-bond donors (Lipinski definition) is 2. The van der Waals surface area contributed by atoms with Gasteiger partial charge in [-0.25, -0.2) is 12.8 Å². The molecule has 0 aliphatic heterocycles. The summed E-state index contributed by atoms with van der Waals surface area (Å²) in [5.74, 6) is -0.710. The lowest BCUT2D eigenvalue weighted by molar-refractivity contribution is 0.600. The van der Waals surface area contributed by atoms with Crippen LogP contribution >= 0.6 is 0 Å². The lowest BCUT2D eigenvalue weighted by atomic mass is 10.2. The number of hydrogen-bond acceptors (Lipinski definition) is 3. The molecule has 100 valence electrons. The fraction of sp³-hybridized carbons (Fsp3) is 0.0769. The van der Waals surface area contributed by atoms with E-state index in [0.717, 1.165) is 6.07 Å². The second kappa shape index (κ2) is 5.27. The average molecular weight is 280 g/mol. The van der Waals surface area contributed by atoms with Crippen molar-refractivity contribution >= 4 is 21.4 Å². The number of anilines is 2. The topological polar surface area (TPSA) is 72.2 Å². The van der Waals surface area contributed by atoms with Crippen LogP contribution in [0.15, 0.2) is 48.5 Å². The first-order chi connectivity index (χ1) is 8.94. The molecule has 0 bridgehead atoms. The molecule has 0 aliphatic rings. The summed E-state index contributed by atoms with van der Waals surface area (Å²) in [6, 6.07) is 11.9. The Morgan fingerprint density at radius 1 is 1.11 bits per heavy atom. The van der Waals surface area contributed by atoms with Crippen molar-refractivity contribution in [2.75, 3.05) is 10.5 Å². The zero-order valence-electron chi connectivity index (χ0n) is 10.0. The minimum atomic E-state index is -3.59. The Morgan fingerprint density at radius 2 is 1.84 bits per heavy atom. The van der Waals surface area contributed by atoms with Crippen LogP contribution in [-0.4, -0.2) is 8.42 Å². The van der Waals surface area contributed by atoms with Crippen molar-refractivity contribution in [1.82, 2.24) is 0 Å². The second-order valence-electron chi connectivity index (χ2n) is 4.12. The third kappa shape index (κ3) is 3.96. The molecule has 19 heavy (non-hydrogen) atoms. The molecular weight excluding hydrogens is 267 g/mol. The van der Waals surface area contributed by atoms with Gasteiger partial charge in [-0.05, 0) is 35.9 Å². The third-order valence-electron chi connectivity index (χ3n) is 2.41. The molecule has 2 aromatic carbocycles. The highest BCUT2D eigenvalue weighted by atomic mass is 32.2. The molecule has 0 saturated carbocycles. The number of rotatable bonds is 4. The number of nitrogens with two attached hydrogens (primary N) is 1. The fourth-order valence-corrected chi connectivity index (χ4v) is 2.85. The Labute approximate surface area is 111 Å². The van der Waals surface area contributed by atoms with E-state index < -0.39 is 15.8 Å². The van der Waals surface area contributed by atoms with Crippen molar-refractivity contribution < 1.29 is 12.8 Å². The quantitative estimate of drug-likeness (QED) is 0.844. The van der Waals surface area contributed by atoms with E-state index in [-0.39, 0.29) is 11.4 Å². The summed E-state index contributed by atoms with van der Waals surface area (Å²) in [7, 11) is -3.59. The van der Waals surface area contributed by atoms with Crippen LogP contribution in [0.2, 0.25) is 0 Å². The molecule has 0 amide bonds. The van der Waals surface area contributed by atoms with Crippen LogP contribution in [0.5, 0.6) is 0 Å². The van der Waals surface area contributed by atoms with Crippen molar-refractivity contribution in [2.45, 2.75) is 5.75 Å². The van der Waals surface area contributed by atoms with Crippen LogP contribution in [0.1, 0.15) is 5.56 Å². The van der Waals surface area contributed by atoms with Crippen LogP contribution in [0, 0.1) is 5.82 Å². The molecule has 0 unspecified atom stereocenters. The minimum absolute atomic E-state index is 0.198. The summed E-state index contributed by atoms with van der Waals surface area (Å²) in [6.45, 7) is 0. The van der Waals surface area contributed by atoms with E-state index in [1.54, 1.807) is 24.3 Å². The number of halogens is 1. The predicted octanol–water partition coefficient (Wildman–Crippen LogP) is 2.35. The SMILES string of the molecule is Nc1cccc(CS(=O)(=O)Nc2cccc(F)c2)c1. The van der Waals surface area contributed by atoms with Gasteiger partial charge < -0.3 is 5.73 Å². The van der Waals surface area contributed by atoms with E-state index in [0.29, 0.717) is 11.3 Å². The largest absolute Gasteiger partial charge is 0.399 e. The van der Waals surface area contributed by atoms with E-state index >= 15 is 0 Å². The molecular formula is C13H13FN2O2S. The Kier molecular flexibility index (Phi) is 3.71. The zero-order chi connectivity index (χ0) is 13.9. The molecule has 4 nitrogen and oxygen atoms in total.